The minimum Gasteiger partial charge on any atom is -0.339 e. The number of amides is 2. The van der Waals surface area contributed by atoms with Gasteiger partial charge in [0.15, 0.2) is 0 Å². The van der Waals surface area contributed by atoms with Gasteiger partial charge in [0.1, 0.15) is 0 Å². The van der Waals surface area contributed by atoms with Gasteiger partial charge in [0, 0.05) is 49.7 Å². The van der Waals surface area contributed by atoms with Crippen molar-refractivity contribution in [3.05, 3.63) is 78.0 Å². The van der Waals surface area contributed by atoms with Crippen molar-refractivity contribution in [2.75, 3.05) is 26.2 Å². The highest BCUT2D eigenvalue weighted by molar-refractivity contribution is 5.98. The summed E-state index contributed by atoms with van der Waals surface area (Å²) in [6.07, 6.45) is 3.01. The topological polar surface area (TPSA) is 53.5 Å². The Kier molecular flexibility index (Phi) is 5.33. The van der Waals surface area contributed by atoms with Crippen LogP contribution in [0.2, 0.25) is 0 Å². The Bertz CT molecular complexity index is 979. The van der Waals surface area contributed by atoms with Crippen molar-refractivity contribution in [1.29, 1.82) is 0 Å². The van der Waals surface area contributed by atoms with E-state index in [2.05, 4.69) is 4.98 Å². The summed E-state index contributed by atoms with van der Waals surface area (Å²) in [7, 11) is 0. The summed E-state index contributed by atoms with van der Waals surface area (Å²) in [4.78, 5) is 33.3. The maximum atomic E-state index is 12.8. The van der Waals surface area contributed by atoms with E-state index in [1.54, 1.807) is 6.20 Å². The Balaban J connectivity index is 1.32. The predicted octanol–water partition coefficient (Wildman–Crippen LogP) is 3.15. The second-order valence-corrected chi connectivity index (χ2v) is 7.07. The fourth-order valence-corrected chi connectivity index (χ4v) is 3.60. The molecule has 5 nitrogen and oxygen atoms in total. The van der Waals surface area contributed by atoms with Crippen LogP contribution in [-0.2, 0) is 11.2 Å². The maximum Gasteiger partial charge on any atom is 0.253 e. The molecule has 0 N–H and O–H groups in total. The molecule has 2 amide bonds. The van der Waals surface area contributed by atoms with Gasteiger partial charge in [0.05, 0.1) is 5.52 Å². The Morgan fingerprint density at radius 2 is 1.61 bits per heavy atom. The molecule has 3 aromatic rings. The first-order valence-electron chi connectivity index (χ1n) is 9.66. The van der Waals surface area contributed by atoms with Gasteiger partial charge in [0.25, 0.3) is 5.91 Å². The van der Waals surface area contributed by atoms with Crippen molar-refractivity contribution in [1.82, 2.24) is 14.8 Å². The molecule has 0 spiro atoms. The van der Waals surface area contributed by atoms with Crippen LogP contribution in [0.1, 0.15) is 22.3 Å². The van der Waals surface area contributed by atoms with Crippen LogP contribution >= 0.6 is 0 Å². The van der Waals surface area contributed by atoms with Crippen molar-refractivity contribution in [3.63, 3.8) is 0 Å². The first kappa shape index (κ1) is 18.2. The highest BCUT2D eigenvalue weighted by atomic mass is 16.2. The van der Waals surface area contributed by atoms with Crippen molar-refractivity contribution in [2.24, 2.45) is 0 Å². The maximum absolute atomic E-state index is 12.8. The van der Waals surface area contributed by atoms with Crippen molar-refractivity contribution < 1.29 is 9.59 Å². The lowest BCUT2D eigenvalue weighted by Crippen LogP contribution is -2.50. The SMILES string of the molecule is O=C(CCc1ccccc1)N1CCN(C(=O)c2ccc3ncccc3c2)CC1. The molecule has 0 atom stereocenters. The molecule has 0 unspecified atom stereocenters. The van der Waals surface area contributed by atoms with Gasteiger partial charge in [-0.2, -0.15) is 0 Å². The molecule has 28 heavy (non-hydrogen) atoms. The Labute approximate surface area is 164 Å². The molecule has 4 rings (SSSR count). The number of nitrogens with zero attached hydrogens (tertiary/aromatic N) is 3. The van der Waals surface area contributed by atoms with E-state index in [4.69, 9.17) is 0 Å². The lowest BCUT2D eigenvalue weighted by Gasteiger charge is -2.35. The Morgan fingerprint density at radius 3 is 2.39 bits per heavy atom. The molecule has 0 bridgehead atoms. The van der Waals surface area contributed by atoms with Crippen LogP contribution in [0.3, 0.4) is 0 Å². The molecule has 1 aliphatic rings. The number of aromatic nitrogens is 1. The van der Waals surface area contributed by atoms with E-state index in [0.717, 1.165) is 17.3 Å². The van der Waals surface area contributed by atoms with Gasteiger partial charge in [-0.25, -0.2) is 0 Å². The second kappa shape index (κ2) is 8.21. The average Bonchev–Trinajstić information content (AvgIpc) is 2.77. The molecule has 2 heterocycles. The number of aryl methyl sites for hydroxylation is 1. The lowest BCUT2D eigenvalue weighted by molar-refractivity contribution is -0.132. The summed E-state index contributed by atoms with van der Waals surface area (Å²) < 4.78 is 0. The normalized spacial score (nSPS) is 14.3. The van der Waals surface area contributed by atoms with E-state index in [9.17, 15) is 9.59 Å². The lowest BCUT2D eigenvalue weighted by atomic mass is 10.1. The third-order valence-corrected chi connectivity index (χ3v) is 5.24. The number of carbonyl (C=O) groups excluding carboxylic acids is 2. The van der Waals surface area contributed by atoms with Crippen LogP contribution in [0.25, 0.3) is 10.9 Å². The molecule has 0 radical (unpaired) electrons. The third kappa shape index (κ3) is 4.03. The molecular formula is C23H23N3O2. The van der Waals surface area contributed by atoms with E-state index in [0.29, 0.717) is 38.2 Å². The quantitative estimate of drug-likeness (QED) is 0.706. The van der Waals surface area contributed by atoms with Crippen molar-refractivity contribution >= 4 is 22.7 Å². The fraction of sp³-hybridized carbons (Fsp3) is 0.261. The molecule has 2 aromatic carbocycles. The highest BCUT2D eigenvalue weighted by Gasteiger charge is 2.24. The summed E-state index contributed by atoms with van der Waals surface area (Å²) >= 11 is 0. The summed E-state index contributed by atoms with van der Waals surface area (Å²) in [5.41, 5.74) is 2.73. The smallest absolute Gasteiger partial charge is 0.253 e. The number of hydrogen-bond donors (Lipinski definition) is 0. The molecule has 1 saturated heterocycles. The molecule has 5 heteroatoms. The van der Waals surface area contributed by atoms with Crippen LogP contribution in [0.5, 0.6) is 0 Å². The van der Waals surface area contributed by atoms with Crippen molar-refractivity contribution in [2.45, 2.75) is 12.8 Å². The minimum absolute atomic E-state index is 0.0159. The predicted molar refractivity (Wildman–Crippen MR) is 109 cm³/mol. The largest absolute Gasteiger partial charge is 0.339 e. The van der Waals surface area contributed by atoms with E-state index in [1.807, 2.05) is 70.5 Å². The van der Waals surface area contributed by atoms with E-state index in [1.165, 1.54) is 5.56 Å². The molecule has 1 aliphatic heterocycles. The summed E-state index contributed by atoms with van der Waals surface area (Å²) in [5, 5.41) is 0.961. The van der Waals surface area contributed by atoms with Gasteiger partial charge in [0.2, 0.25) is 5.91 Å². The van der Waals surface area contributed by atoms with Crippen molar-refractivity contribution in [3.8, 4) is 0 Å². The monoisotopic (exact) mass is 373 g/mol. The standard InChI is InChI=1S/C23H23N3O2/c27-22(11-8-18-5-2-1-3-6-18)25-13-15-26(16-14-25)23(28)20-9-10-21-19(17-20)7-4-12-24-21/h1-7,9-10,12,17H,8,11,13-16H2. The number of piperazine rings is 1. The van der Waals surface area contributed by atoms with Crippen LogP contribution < -0.4 is 0 Å². The zero-order valence-electron chi connectivity index (χ0n) is 15.8. The number of rotatable bonds is 4. The first-order chi connectivity index (χ1) is 13.7. The van der Waals surface area contributed by atoms with Gasteiger partial charge in [-0.15, -0.1) is 0 Å². The molecule has 1 aromatic heterocycles. The Morgan fingerprint density at radius 1 is 0.857 bits per heavy atom. The second-order valence-electron chi connectivity index (χ2n) is 7.07. The fourth-order valence-electron chi connectivity index (χ4n) is 3.60. The zero-order valence-corrected chi connectivity index (χ0v) is 15.8. The number of benzene rings is 2. The van der Waals surface area contributed by atoms with Crippen LogP contribution in [0.4, 0.5) is 0 Å². The van der Waals surface area contributed by atoms with Crippen LogP contribution in [0, 0.1) is 0 Å². The zero-order chi connectivity index (χ0) is 19.3. The first-order valence-corrected chi connectivity index (χ1v) is 9.66. The van der Waals surface area contributed by atoms with Gasteiger partial charge in [-0.3, -0.25) is 14.6 Å². The molecule has 0 aliphatic carbocycles. The third-order valence-electron chi connectivity index (χ3n) is 5.24. The number of carbonyl (C=O) groups is 2. The van der Waals surface area contributed by atoms with Crippen LogP contribution in [-0.4, -0.2) is 52.8 Å². The summed E-state index contributed by atoms with van der Waals surface area (Å²) in [6, 6.07) is 19.5. The van der Waals surface area contributed by atoms with Gasteiger partial charge < -0.3 is 9.80 Å². The molecular weight excluding hydrogens is 350 g/mol. The van der Waals surface area contributed by atoms with Crippen LogP contribution in [0.15, 0.2) is 66.9 Å². The highest BCUT2D eigenvalue weighted by Crippen LogP contribution is 2.16. The molecule has 0 saturated carbocycles. The minimum atomic E-state index is 0.0159. The van der Waals surface area contributed by atoms with E-state index < -0.39 is 0 Å². The van der Waals surface area contributed by atoms with E-state index in [-0.39, 0.29) is 11.8 Å². The Hall–Kier alpha value is -3.21. The molecule has 142 valence electrons. The summed E-state index contributed by atoms with van der Waals surface area (Å²) in [5.74, 6) is 0.176. The van der Waals surface area contributed by atoms with Gasteiger partial charge in [-0.1, -0.05) is 36.4 Å². The molecule has 1 fully saturated rings. The number of fused-ring (bicyclic) bond motifs is 1. The van der Waals surface area contributed by atoms with Gasteiger partial charge in [-0.05, 0) is 36.2 Å². The average molecular weight is 373 g/mol. The summed E-state index contributed by atoms with van der Waals surface area (Å²) in [6.45, 7) is 2.32. The van der Waals surface area contributed by atoms with E-state index >= 15 is 0 Å². The van der Waals surface area contributed by atoms with Gasteiger partial charge >= 0.3 is 0 Å². The number of pyridine rings is 1. The number of hydrogen-bond acceptors (Lipinski definition) is 3.